The molecule has 0 radical (unpaired) electrons. The van der Waals surface area contributed by atoms with E-state index < -0.39 is 7.12 Å². The second-order valence-electron chi connectivity index (χ2n) is 3.53. The highest BCUT2D eigenvalue weighted by Gasteiger charge is 2.20. The number of hydrogen-bond donors (Lipinski definition) is 2. The maximum atomic E-state index is 9.32. The third kappa shape index (κ3) is 3.61. The summed E-state index contributed by atoms with van der Waals surface area (Å²) < 4.78 is 20.2. The number of ether oxygens (including phenoxy) is 4. The van der Waals surface area contributed by atoms with Crippen LogP contribution in [0.4, 0.5) is 0 Å². The summed E-state index contributed by atoms with van der Waals surface area (Å²) in [6, 6.07) is 3.15. The van der Waals surface area contributed by atoms with Gasteiger partial charge in [-0.05, 0) is 23.2 Å². The lowest BCUT2D eigenvalue weighted by Crippen LogP contribution is -2.33. The fourth-order valence-corrected chi connectivity index (χ4v) is 1.54. The molecule has 1 aromatic carbocycles. The molecule has 7 heteroatoms. The molecule has 0 bridgehead atoms. The minimum absolute atomic E-state index is 0.120. The SMILES string of the molecule is COCOCc1cc(OC)c(OC)cc1B(O)O. The molecule has 0 aliphatic rings. The molecule has 6 nitrogen and oxygen atoms in total. The van der Waals surface area contributed by atoms with E-state index in [1.54, 1.807) is 6.07 Å². The minimum atomic E-state index is -1.61. The van der Waals surface area contributed by atoms with E-state index in [0.29, 0.717) is 22.5 Å². The zero-order chi connectivity index (χ0) is 13.5. The second kappa shape index (κ2) is 7.22. The van der Waals surface area contributed by atoms with Crippen LogP contribution in [0.5, 0.6) is 11.5 Å². The molecule has 0 aliphatic heterocycles. The van der Waals surface area contributed by atoms with Gasteiger partial charge < -0.3 is 29.0 Å². The van der Waals surface area contributed by atoms with Crippen LogP contribution in [0.1, 0.15) is 5.56 Å². The Morgan fingerprint density at radius 2 is 1.67 bits per heavy atom. The van der Waals surface area contributed by atoms with Gasteiger partial charge in [0.1, 0.15) is 6.79 Å². The molecule has 0 heterocycles. The highest BCUT2D eigenvalue weighted by molar-refractivity contribution is 6.59. The molecule has 18 heavy (non-hydrogen) atoms. The van der Waals surface area contributed by atoms with Crippen molar-refractivity contribution in [2.24, 2.45) is 0 Å². The molecule has 1 aromatic rings. The molecular formula is C11H17BO6. The van der Waals surface area contributed by atoms with Crippen molar-refractivity contribution in [2.45, 2.75) is 6.61 Å². The highest BCUT2D eigenvalue weighted by Crippen LogP contribution is 2.27. The fraction of sp³-hybridized carbons (Fsp3) is 0.455. The van der Waals surface area contributed by atoms with Crippen LogP contribution in [-0.4, -0.2) is 45.3 Å². The van der Waals surface area contributed by atoms with E-state index in [9.17, 15) is 10.0 Å². The van der Waals surface area contributed by atoms with E-state index in [4.69, 9.17) is 18.9 Å². The van der Waals surface area contributed by atoms with Crippen LogP contribution < -0.4 is 14.9 Å². The zero-order valence-electron chi connectivity index (χ0n) is 10.7. The van der Waals surface area contributed by atoms with Crippen LogP contribution in [-0.2, 0) is 16.1 Å². The summed E-state index contributed by atoms with van der Waals surface area (Å²) in [4.78, 5) is 0. The maximum absolute atomic E-state index is 9.32. The van der Waals surface area contributed by atoms with E-state index in [2.05, 4.69) is 0 Å². The predicted molar refractivity (Wildman–Crippen MR) is 66.0 cm³/mol. The van der Waals surface area contributed by atoms with Crippen molar-refractivity contribution >= 4 is 12.6 Å². The van der Waals surface area contributed by atoms with Gasteiger partial charge in [-0.15, -0.1) is 0 Å². The van der Waals surface area contributed by atoms with Crippen LogP contribution in [0.15, 0.2) is 12.1 Å². The van der Waals surface area contributed by atoms with Crippen molar-refractivity contribution in [1.29, 1.82) is 0 Å². The molecule has 0 amide bonds. The Labute approximate surface area is 106 Å². The Hall–Kier alpha value is -1.28. The average Bonchev–Trinajstić information content (AvgIpc) is 2.38. The van der Waals surface area contributed by atoms with Crippen LogP contribution >= 0.6 is 0 Å². The van der Waals surface area contributed by atoms with E-state index in [0.717, 1.165) is 0 Å². The first-order valence-corrected chi connectivity index (χ1v) is 5.31. The lowest BCUT2D eigenvalue weighted by atomic mass is 9.77. The first kappa shape index (κ1) is 14.8. The number of methoxy groups -OCH3 is 3. The molecular weight excluding hydrogens is 239 g/mol. The third-order valence-electron chi connectivity index (χ3n) is 2.38. The first-order chi connectivity index (χ1) is 8.63. The summed E-state index contributed by atoms with van der Waals surface area (Å²) in [5.41, 5.74) is 0.906. The van der Waals surface area contributed by atoms with Gasteiger partial charge in [0.2, 0.25) is 0 Å². The van der Waals surface area contributed by atoms with Gasteiger partial charge in [-0.25, -0.2) is 0 Å². The van der Waals surface area contributed by atoms with Gasteiger partial charge in [-0.3, -0.25) is 0 Å². The van der Waals surface area contributed by atoms with Gasteiger partial charge in [-0.2, -0.15) is 0 Å². The topological polar surface area (TPSA) is 77.4 Å². The van der Waals surface area contributed by atoms with E-state index in [1.807, 2.05) is 0 Å². The second-order valence-corrected chi connectivity index (χ2v) is 3.53. The molecule has 0 unspecified atom stereocenters. The quantitative estimate of drug-likeness (QED) is 0.389. The Balaban J connectivity index is 3.04. The Bertz CT molecular complexity index is 382. The number of hydrogen-bond acceptors (Lipinski definition) is 6. The Morgan fingerprint density at radius 3 is 2.17 bits per heavy atom. The monoisotopic (exact) mass is 256 g/mol. The molecule has 0 aromatic heterocycles. The summed E-state index contributed by atoms with van der Waals surface area (Å²) in [5.74, 6) is 0.925. The Morgan fingerprint density at radius 1 is 1.06 bits per heavy atom. The summed E-state index contributed by atoms with van der Waals surface area (Å²) in [5, 5.41) is 18.6. The van der Waals surface area contributed by atoms with Gasteiger partial charge in [0.15, 0.2) is 11.5 Å². The molecule has 1 rings (SSSR count). The molecule has 0 aliphatic carbocycles. The summed E-state index contributed by atoms with van der Waals surface area (Å²) >= 11 is 0. The fourth-order valence-electron chi connectivity index (χ4n) is 1.54. The van der Waals surface area contributed by atoms with Gasteiger partial charge in [0.25, 0.3) is 0 Å². The molecule has 0 atom stereocenters. The normalized spacial score (nSPS) is 10.3. The van der Waals surface area contributed by atoms with Crippen LogP contribution in [0, 0.1) is 0 Å². The van der Waals surface area contributed by atoms with Crippen LogP contribution in [0.2, 0.25) is 0 Å². The lowest BCUT2D eigenvalue weighted by molar-refractivity contribution is -0.0389. The smallest absolute Gasteiger partial charge is 0.488 e. The van der Waals surface area contributed by atoms with Crippen molar-refractivity contribution in [1.82, 2.24) is 0 Å². The van der Waals surface area contributed by atoms with E-state index in [-0.39, 0.29) is 13.4 Å². The number of benzene rings is 1. The Kier molecular flexibility index (Phi) is 5.93. The third-order valence-corrected chi connectivity index (χ3v) is 2.38. The average molecular weight is 256 g/mol. The lowest BCUT2D eigenvalue weighted by Gasteiger charge is -2.14. The predicted octanol–water partition coefficient (Wildman–Crippen LogP) is -0.496. The van der Waals surface area contributed by atoms with Gasteiger partial charge in [0, 0.05) is 7.11 Å². The maximum Gasteiger partial charge on any atom is 0.488 e. The standard InChI is InChI=1S/C11H17BO6/c1-15-7-18-6-8-4-10(16-2)11(17-3)5-9(8)12(13)14/h4-5,13-14H,6-7H2,1-3H3. The van der Waals surface area contributed by atoms with Crippen LogP contribution in [0.3, 0.4) is 0 Å². The van der Waals surface area contributed by atoms with Crippen molar-refractivity contribution in [3.05, 3.63) is 17.7 Å². The largest absolute Gasteiger partial charge is 0.493 e. The van der Waals surface area contributed by atoms with Crippen molar-refractivity contribution in [2.75, 3.05) is 28.1 Å². The summed E-state index contributed by atoms with van der Waals surface area (Å²) in [6.45, 7) is 0.302. The van der Waals surface area contributed by atoms with Gasteiger partial charge >= 0.3 is 7.12 Å². The molecule has 0 saturated carbocycles. The van der Waals surface area contributed by atoms with Gasteiger partial charge in [-0.1, -0.05) is 0 Å². The van der Waals surface area contributed by atoms with Crippen LogP contribution in [0.25, 0.3) is 0 Å². The van der Waals surface area contributed by atoms with Crippen molar-refractivity contribution in [3.63, 3.8) is 0 Å². The molecule has 0 saturated heterocycles. The minimum Gasteiger partial charge on any atom is -0.493 e. The van der Waals surface area contributed by atoms with Gasteiger partial charge in [0.05, 0.1) is 20.8 Å². The highest BCUT2D eigenvalue weighted by atomic mass is 16.7. The van der Waals surface area contributed by atoms with E-state index >= 15 is 0 Å². The molecule has 0 spiro atoms. The van der Waals surface area contributed by atoms with E-state index in [1.165, 1.54) is 27.4 Å². The van der Waals surface area contributed by atoms with Crippen molar-refractivity contribution < 1.29 is 29.0 Å². The zero-order valence-corrected chi connectivity index (χ0v) is 10.7. The number of rotatable bonds is 7. The first-order valence-electron chi connectivity index (χ1n) is 5.31. The summed E-state index contributed by atoms with van der Waals surface area (Å²) in [6.07, 6.45) is 0. The molecule has 0 fully saturated rings. The molecule has 100 valence electrons. The molecule has 2 N–H and O–H groups in total. The van der Waals surface area contributed by atoms with Crippen molar-refractivity contribution in [3.8, 4) is 11.5 Å². The summed E-state index contributed by atoms with van der Waals surface area (Å²) in [7, 11) is 2.89.